The lowest BCUT2D eigenvalue weighted by Gasteiger charge is -2.06. The highest BCUT2D eigenvalue weighted by atomic mass is 32.2. The number of hydrogen-bond acceptors (Lipinski definition) is 3. The molecule has 1 aliphatic heterocycles. The maximum Gasteiger partial charge on any atom is 0.135 e. The van der Waals surface area contributed by atoms with E-state index in [-0.39, 0.29) is 0 Å². The predicted octanol–water partition coefficient (Wildman–Crippen LogP) is 0.920. The van der Waals surface area contributed by atoms with Crippen molar-refractivity contribution in [3.8, 4) is 0 Å². The molecule has 3 atom stereocenters. The van der Waals surface area contributed by atoms with Crippen LogP contribution in [-0.4, -0.2) is 28.0 Å². The van der Waals surface area contributed by atoms with Crippen LogP contribution in [0.5, 0.6) is 0 Å². The summed E-state index contributed by atoms with van der Waals surface area (Å²) in [5.41, 5.74) is 1.03. The van der Waals surface area contributed by atoms with E-state index in [0.29, 0.717) is 17.8 Å². The summed E-state index contributed by atoms with van der Waals surface area (Å²) in [4.78, 5) is 5.24. The van der Waals surface area contributed by atoms with Gasteiger partial charge in [-0.3, -0.25) is 4.21 Å². The van der Waals surface area contributed by atoms with E-state index < -0.39 is 10.8 Å². The minimum absolute atomic E-state index is 0.309. The largest absolute Gasteiger partial charge is 0.392 e. The summed E-state index contributed by atoms with van der Waals surface area (Å²) in [6, 6.07) is 0. The normalized spacial score (nSPS) is 35.6. The van der Waals surface area contributed by atoms with Crippen LogP contribution < -0.4 is 0 Å². The van der Waals surface area contributed by atoms with Crippen LogP contribution in [0.2, 0.25) is 0 Å². The molecule has 2 aliphatic rings. The predicted molar refractivity (Wildman–Crippen MR) is 48.6 cm³/mol. The quantitative estimate of drug-likeness (QED) is 0.644. The summed E-state index contributed by atoms with van der Waals surface area (Å²) in [5.74, 6) is 1.08. The Labute approximate surface area is 74.6 Å². The molecule has 0 radical (unpaired) electrons. The molecular weight excluding hydrogens is 174 g/mol. The van der Waals surface area contributed by atoms with E-state index >= 15 is 0 Å². The Morgan fingerprint density at radius 1 is 1.67 bits per heavy atom. The number of oxime groups is 1. The van der Waals surface area contributed by atoms with Crippen LogP contribution in [0.15, 0.2) is 5.16 Å². The fourth-order valence-corrected chi connectivity index (χ4v) is 2.66. The second-order valence-corrected chi connectivity index (χ2v) is 4.92. The second-order valence-electron chi connectivity index (χ2n) is 3.48. The Morgan fingerprint density at radius 3 is 3.25 bits per heavy atom. The minimum Gasteiger partial charge on any atom is -0.392 e. The van der Waals surface area contributed by atoms with Gasteiger partial charge < -0.3 is 4.84 Å². The molecule has 0 bridgehead atoms. The molecule has 68 valence electrons. The summed E-state index contributed by atoms with van der Waals surface area (Å²) in [6.07, 6.45) is 5.54. The zero-order valence-electron chi connectivity index (χ0n) is 7.16. The Morgan fingerprint density at radius 2 is 2.50 bits per heavy atom. The van der Waals surface area contributed by atoms with Crippen LogP contribution in [0.1, 0.15) is 19.3 Å². The number of rotatable bonds is 2. The first kappa shape index (κ1) is 8.23. The van der Waals surface area contributed by atoms with Gasteiger partial charge in [-0.2, -0.15) is 0 Å². The van der Waals surface area contributed by atoms with Crippen molar-refractivity contribution in [3.63, 3.8) is 0 Å². The van der Waals surface area contributed by atoms with Gasteiger partial charge in [0.1, 0.15) is 6.10 Å². The zero-order valence-corrected chi connectivity index (χ0v) is 7.97. The number of hydrogen-bond donors (Lipinski definition) is 0. The smallest absolute Gasteiger partial charge is 0.135 e. The van der Waals surface area contributed by atoms with Crippen LogP contribution in [-0.2, 0) is 15.6 Å². The van der Waals surface area contributed by atoms with Crippen LogP contribution >= 0.6 is 0 Å². The summed E-state index contributed by atoms with van der Waals surface area (Å²) in [6.45, 7) is 0. The molecule has 0 saturated heterocycles. The topological polar surface area (TPSA) is 38.7 Å². The average molecular weight is 187 g/mol. The lowest BCUT2D eigenvalue weighted by atomic mass is 10.0. The number of fused-ring (bicyclic) bond motifs is 1. The van der Waals surface area contributed by atoms with Crippen molar-refractivity contribution in [1.82, 2.24) is 0 Å². The fourth-order valence-electron chi connectivity index (χ4n) is 1.98. The van der Waals surface area contributed by atoms with Gasteiger partial charge in [0, 0.05) is 23.0 Å². The van der Waals surface area contributed by atoms with Crippen LogP contribution in [0.3, 0.4) is 0 Å². The molecule has 0 spiro atoms. The van der Waals surface area contributed by atoms with Crippen LogP contribution in [0, 0.1) is 5.92 Å². The van der Waals surface area contributed by atoms with E-state index in [1.165, 1.54) is 12.8 Å². The first-order chi connectivity index (χ1) is 5.77. The van der Waals surface area contributed by atoms with Crippen molar-refractivity contribution < 1.29 is 9.05 Å². The van der Waals surface area contributed by atoms with E-state index in [0.717, 1.165) is 12.1 Å². The average Bonchev–Trinajstić information content (AvgIpc) is 2.52. The summed E-state index contributed by atoms with van der Waals surface area (Å²) < 4.78 is 11.0. The van der Waals surface area contributed by atoms with Gasteiger partial charge in [-0.05, 0) is 19.3 Å². The van der Waals surface area contributed by atoms with Crippen LogP contribution in [0.25, 0.3) is 0 Å². The lowest BCUT2D eigenvalue weighted by molar-refractivity contribution is 0.0746. The molecule has 1 heterocycles. The third kappa shape index (κ3) is 1.40. The van der Waals surface area contributed by atoms with E-state index in [2.05, 4.69) is 5.16 Å². The highest BCUT2D eigenvalue weighted by Crippen LogP contribution is 2.33. The van der Waals surface area contributed by atoms with Crippen LogP contribution in [0.4, 0.5) is 0 Å². The van der Waals surface area contributed by atoms with Gasteiger partial charge in [0.15, 0.2) is 0 Å². The minimum atomic E-state index is -0.776. The van der Waals surface area contributed by atoms with Crippen molar-refractivity contribution in [2.75, 3.05) is 12.0 Å². The van der Waals surface area contributed by atoms with Gasteiger partial charge in [0.2, 0.25) is 0 Å². The maximum absolute atomic E-state index is 11.0. The molecule has 12 heavy (non-hydrogen) atoms. The van der Waals surface area contributed by atoms with Crippen molar-refractivity contribution in [3.05, 3.63) is 0 Å². The van der Waals surface area contributed by atoms with E-state index in [4.69, 9.17) is 4.84 Å². The molecular formula is C8H13NO2S. The van der Waals surface area contributed by atoms with Gasteiger partial charge in [-0.1, -0.05) is 5.16 Å². The van der Waals surface area contributed by atoms with Gasteiger partial charge in [0.25, 0.3) is 0 Å². The molecule has 0 amide bonds. The highest BCUT2D eigenvalue weighted by molar-refractivity contribution is 7.85. The van der Waals surface area contributed by atoms with E-state index in [1.807, 2.05) is 0 Å². The van der Waals surface area contributed by atoms with Gasteiger partial charge in [-0.25, -0.2) is 0 Å². The molecule has 0 aromatic carbocycles. The molecule has 4 heteroatoms. The maximum atomic E-state index is 11.0. The molecule has 0 unspecified atom stereocenters. The Balaban J connectivity index is 2.02. The van der Waals surface area contributed by atoms with Gasteiger partial charge in [-0.15, -0.1) is 0 Å². The fraction of sp³-hybridized carbons (Fsp3) is 0.875. The molecule has 0 aromatic rings. The zero-order chi connectivity index (χ0) is 8.55. The molecule has 0 N–H and O–H groups in total. The van der Waals surface area contributed by atoms with Crippen molar-refractivity contribution in [2.45, 2.75) is 25.4 Å². The van der Waals surface area contributed by atoms with Crippen molar-refractivity contribution >= 4 is 16.5 Å². The molecule has 1 fully saturated rings. The lowest BCUT2D eigenvalue weighted by Crippen LogP contribution is -2.21. The molecule has 2 rings (SSSR count). The highest BCUT2D eigenvalue weighted by Gasteiger charge is 2.37. The van der Waals surface area contributed by atoms with Crippen molar-refractivity contribution in [2.24, 2.45) is 11.1 Å². The monoisotopic (exact) mass is 187 g/mol. The third-order valence-electron chi connectivity index (χ3n) is 2.54. The van der Waals surface area contributed by atoms with E-state index in [1.54, 1.807) is 6.26 Å². The summed E-state index contributed by atoms with van der Waals surface area (Å²) in [7, 11) is -0.776. The van der Waals surface area contributed by atoms with Gasteiger partial charge in [0.05, 0.1) is 11.5 Å². The third-order valence-corrected chi connectivity index (χ3v) is 3.24. The summed E-state index contributed by atoms with van der Waals surface area (Å²) in [5, 5.41) is 3.98. The molecule has 3 nitrogen and oxygen atoms in total. The molecule has 0 aromatic heterocycles. The molecule has 1 aliphatic carbocycles. The second kappa shape index (κ2) is 3.17. The SMILES string of the molecule is C[S@@](=O)CC1=NO[C@@H]2CCC[C@H]12. The van der Waals surface area contributed by atoms with Gasteiger partial charge >= 0.3 is 0 Å². The first-order valence-corrected chi connectivity index (χ1v) is 6.02. The van der Waals surface area contributed by atoms with E-state index in [9.17, 15) is 4.21 Å². The Bertz CT molecular complexity index is 239. The number of nitrogens with zero attached hydrogens (tertiary/aromatic N) is 1. The summed E-state index contributed by atoms with van der Waals surface area (Å²) >= 11 is 0. The standard InChI is InChI=1S/C8H13NO2S/c1-12(10)5-7-6-3-2-4-8(6)11-9-7/h6,8H,2-5H2,1H3/t6-,8-,12-/m1/s1. The van der Waals surface area contributed by atoms with Crippen molar-refractivity contribution in [1.29, 1.82) is 0 Å². The first-order valence-electron chi connectivity index (χ1n) is 4.30. The Hall–Kier alpha value is -0.380. The molecule has 1 saturated carbocycles. The Kier molecular flexibility index (Phi) is 2.17.